The number of likely N-dealkylation sites (N-methyl/N-ethyl adjacent to an activating group) is 1. The van der Waals surface area contributed by atoms with E-state index in [9.17, 15) is 4.79 Å². The maximum atomic E-state index is 12.3. The summed E-state index contributed by atoms with van der Waals surface area (Å²) in [7, 11) is 3.67. The quantitative estimate of drug-likeness (QED) is 0.465. The first kappa shape index (κ1) is 22.6. The van der Waals surface area contributed by atoms with Gasteiger partial charge in [0.15, 0.2) is 5.65 Å². The molecule has 1 unspecified atom stereocenters. The fraction of sp³-hybridized carbons (Fsp3) is 0.444. The maximum absolute atomic E-state index is 12.3. The molecule has 7 heteroatoms. The highest BCUT2D eigenvalue weighted by Crippen LogP contribution is 2.37. The van der Waals surface area contributed by atoms with Crippen LogP contribution in [0.15, 0.2) is 36.8 Å². The van der Waals surface area contributed by atoms with Crippen molar-refractivity contribution < 1.29 is 4.79 Å². The summed E-state index contributed by atoms with van der Waals surface area (Å²) in [6.45, 7) is 8.10. The third kappa shape index (κ3) is 4.09. The van der Waals surface area contributed by atoms with E-state index >= 15 is 0 Å². The summed E-state index contributed by atoms with van der Waals surface area (Å²) in [5.41, 5.74) is 8.10. The molecule has 0 spiro atoms. The molecule has 7 nitrogen and oxygen atoms in total. The number of nitrogens with zero attached hydrogens (tertiary/aromatic N) is 5. The number of aryl methyl sites for hydroxylation is 1. The highest BCUT2D eigenvalue weighted by molar-refractivity contribution is 5.92. The van der Waals surface area contributed by atoms with Crippen LogP contribution in [0.1, 0.15) is 49.3 Å². The van der Waals surface area contributed by atoms with E-state index in [2.05, 4.69) is 71.2 Å². The van der Waals surface area contributed by atoms with Gasteiger partial charge in [0.25, 0.3) is 0 Å². The van der Waals surface area contributed by atoms with Crippen LogP contribution in [0.25, 0.3) is 27.8 Å². The Bertz CT molecular complexity index is 1350. The van der Waals surface area contributed by atoms with Crippen molar-refractivity contribution in [2.24, 2.45) is 0 Å². The third-order valence-electron chi connectivity index (χ3n) is 7.14. The first-order valence-corrected chi connectivity index (χ1v) is 12.2. The summed E-state index contributed by atoms with van der Waals surface area (Å²) in [5.74, 6) is 0.547. The van der Waals surface area contributed by atoms with Gasteiger partial charge in [0.2, 0.25) is 5.91 Å². The lowest BCUT2D eigenvalue weighted by atomic mass is 9.94. The number of fused-ring (bicyclic) bond motifs is 2. The number of H-pyrrole nitrogens is 1. The molecular formula is C27H34N6O. The second-order valence-corrected chi connectivity index (χ2v) is 10.1. The van der Waals surface area contributed by atoms with Gasteiger partial charge < -0.3 is 9.88 Å². The highest BCUT2D eigenvalue weighted by Gasteiger charge is 2.27. The van der Waals surface area contributed by atoms with E-state index < -0.39 is 0 Å². The van der Waals surface area contributed by atoms with Crippen molar-refractivity contribution in [3.63, 3.8) is 0 Å². The lowest BCUT2D eigenvalue weighted by Crippen LogP contribution is -2.40. The van der Waals surface area contributed by atoms with Crippen LogP contribution < -0.4 is 0 Å². The van der Waals surface area contributed by atoms with E-state index in [1.807, 2.05) is 18.6 Å². The minimum Gasteiger partial charge on any atom is -0.354 e. The minimum absolute atomic E-state index is 0.180. The summed E-state index contributed by atoms with van der Waals surface area (Å²) in [5, 5.41) is 5.65. The van der Waals surface area contributed by atoms with E-state index in [1.54, 1.807) is 11.2 Å². The van der Waals surface area contributed by atoms with Gasteiger partial charge in [-0.2, -0.15) is 5.10 Å². The minimum atomic E-state index is 0.180. The molecule has 178 valence electrons. The average molecular weight is 459 g/mol. The first-order chi connectivity index (χ1) is 16.3. The van der Waals surface area contributed by atoms with Crippen LogP contribution in [0.2, 0.25) is 0 Å². The molecule has 1 fully saturated rings. The molecule has 1 amide bonds. The normalized spacial score (nSPS) is 16.8. The van der Waals surface area contributed by atoms with E-state index in [0.29, 0.717) is 18.5 Å². The van der Waals surface area contributed by atoms with E-state index in [0.717, 1.165) is 53.8 Å². The van der Waals surface area contributed by atoms with Crippen molar-refractivity contribution in [1.82, 2.24) is 29.4 Å². The van der Waals surface area contributed by atoms with Crippen molar-refractivity contribution in [2.45, 2.75) is 52.0 Å². The molecule has 1 atom stereocenters. The summed E-state index contributed by atoms with van der Waals surface area (Å²) in [6, 6.07) is 9.42. The number of nitrogens with one attached hydrogen (secondary N) is 1. The molecule has 0 saturated carbocycles. The lowest BCUT2D eigenvalue weighted by molar-refractivity contribution is -0.130. The van der Waals surface area contributed by atoms with Gasteiger partial charge >= 0.3 is 0 Å². The second kappa shape index (κ2) is 8.87. The Morgan fingerprint density at radius 3 is 2.85 bits per heavy atom. The number of aromatic amines is 1. The van der Waals surface area contributed by atoms with Crippen LogP contribution in [0.3, 0.4) is 0 Å². The Kier molecular flexibility index (Phi) is 5.90. The van der Waals surface area contributed by atoms with Crippen molar-refractivity contribution in [1.29, 1.82) is 0 Å². The Labute approximate surface area is 200 Å². The van der Waals surface area contributed by atoms with Crippen LogP contribution in [-0.2, 0) is 11.2 Å². The molecule has 34 heavy (non-hydrogen) atoms. The molecular weight excluding hydrogens is 424 g/mol. The van der Waals surface area contributed by atoms with E-state index in [-0.39, 0.29) is 5.91 Å². The molecule has 1 N–H and O–H groups in total. The van der Waals surface area contributed by atoms with Gasteiger partial charge in [-0.05, 0) is 73.5 Å². The number of hydrogen-bond acceptors (Lipinski definition) is 4. The SMILES string of the molecule is Cc1cc(-c2[nH]c3ccc(CC4CCCN4CC(=O)N(C)C)cc3c2C(C)C)cn2ncnc12. The molecule has 1 saturated heterocycles. The zero-order valence-corrected chi connectivity index (χ0v) is 20.8. The zero-order chi connectivity index (χ0) is 24.0. The Morgan fingerprint density at radius 1 is 1.26 bits per heavy atom. The average Bonchev–Trinajstić information content (AvgIpc) is 3.52. The first-order valence-electron chi connectivity index (χ1n) is 12.2. The molecule has 0 aliphatic carbocycles. The van der Waals surface area contributed by atoms with Crippen molar-refractivity contribution in [3.8, 4) is 11.3 Å². The topological polar surface area (TPSA) is 69.5 Å². The number of aromatic nitrogens is 4. The van der Waals surface area contributed by atoms with Gasteiger partial charge in [0, 0.05) is 42.8 Å². The number of pyridine rings is 1. The van der Waals surface area contributed by atoms with Crippen LogP contribution in [0.4, 0.5) is 0 Å². The Balaban J connectivity index is 1.49. The Morgan fingerprint density at radius 2 is 2.09 bits per heavy atom. The van der Waals surface area contributed by atoms with E-state index in [1.165, 1.54) is 16.5 Å². The second-order valence-electron chi connectivity index (χ2n) is 10.1. The molecule has 0 bridgehead atoms. The summed E-state index contributed by atoms with van der Waals surface area (Å²) >= 11 is 0. The molecule has 1 aliphatic rings. The summed E-state index contributed by atoms with van der Waals surface area (Å²) < 4.78 is 1.86. The molecule has 4 aromatic rings. The zero-order valence-electron chi connectivity index (χ0n) is 20.8. The van der Waals surface area contributed by atoms with Gasteiger partial charge in [-0.15, -0.1) is 0 Å². The number of carbonyl (C=O) groups is 1. The highest BCUT2D eigenvalue weighted by atomic mass is 16.2. The van der Waals surface area contributed by atoms with Gasteiger partial charge in [-0.3, -0.25) is 9.69 Å². The summed E-state index contributed by atoms with van der Waals surface area (Å²) in [4.78, 5) is 24.4. The van der Waals surface area contributed by atoms with E-state index in [4.69, 9.17) is 0 Å². The van der Waals surface area contributed by atoms with Crippen LogP contribution in [-0.4, -0.2) is 68.5 Å². The van der Waals surface area contributed by atoms with Crippen LogP contribution in [0, 0.1) is 6.92 Å². The molecule has 5 rings (SSSR count). The number of likely N-dealkylation sites (tertiary alicyclic amines) is 1. The number of carbonyl (C=O) groups excluding carboxylic acids is 1. The Hall–Kier alpha value is -3.19. The molecule has 4 heterocycles. The number of rotatable bonds is 6. The standard InChI is InChI=1S/C27H34N6O/c1-17(2)25-22-13-19(12-21-7-6-10-32(21)15-24(34)31(4)5)8-9-23(22)30-26(25)20-11-18(3)27-28-16-29-33(27)14-20/h8-9,11,13-14,16-17,21,30H,6-7,10,12,15H2,1-5H3. The molecule has 1 aliphatic heterocycles. The fourth-order valence-electron chi connectivity index (χ4n) is 5.37. The van der Waals surface area contributed by atoms with Crippen molar-refractivity contribution in [3.05, 3.63) is 53.5 Å². The monoisotopic (exact) mass is 458 g/mol. The fourth-order valence-corrected chi connectivity index (χ4v) is 5.37. The predicted molar refractivity (Wildman–Crippen MR) is 136 cm³/mol. The largest absolute Gasteiger partial charge is 0.354 e. The van der Waals surface area contributed by atoms with Crippen molar-refractivity contribution in [2.75, 3.05) is 27.2 Å². The van der Waals surface area contributed by atoms with Gasteiger partial charge in [0.1, 0.15) is 6.33 Å². The van der Waals surface area contributed by atoms with Crippen molar-refractivity contribution >= 4 is 22.5 Å². The smallest absolute Gasteiger partial charge is 0.236 e. The molecule has 0 radical (unpaired) electrons. The summed E-state index contributed by atoms with van der Waals surface area (Å²) in [6.07, 6.45) is 6.93. The molecule has 1 aromatic carbocycles. The van der Waals surface area contributed by atoms with Gasteiger partial charge in [-0.25, -0.2) is 9.50 Å². The van der Waals surface area contributed by atoms with Crippen LogP contribution in [0.5, 0.6) is 0 Å². The van der Waals surface area contributed by atoms with Gasteiger partial charge in [-0.1, -0.05) is 19.9 Å². The van der Waals surface area contributed by atoms with Crippen LogP contribution >= 0.6 is 0 Å². The lowest BCUT2D eigenvalue weighted by Gasteiger charge is -2.25. The molecule has 3 aromatic heterocycles. The number of hydrogen-bond donors (Lipinski definition) is 1. The maximum Gasteiger partial charge on any atom is 0.236 e. The number of amides is 1. The van der Waals surface area contributed by atoms with Gasteiger partial charge in [0.05, 0.1) is 12.2 Å². The number of benzene rings is 1. The third-order valence-corrected chi connectivity index (χ3v) is 7.14. The predicted octanol–water partition coefficient (Wildman–Crippen LogP) is 4.40.